The van der Waals surface area contributed by atoms with Crippen molar-refractivity contribution in [3.63, 3.8) is 0 Å². The molecule has 1 fully saturated rings. The number of hydrogen-bond donors (Lipinski definition) is 1. The van der Waals surface area contributed by atoms with Gasteiger partial charge in [0, 0.05) is 57.9 Å². The van der Waals surface area contributed by atoms with E-state index in [4.69, 9.17) is 0 Å². The van der Waals surface area contributed by atoms with E-state index in [2.05, 4.69) is 51.3 Å². The molecule has 0 spiro atoms. The number of imidazole rings is 1. The predicted molar refractivity (Wildman–Crippen MR) is 100.0 cm³/mol. The third-order valence-corrected chi connectivity index (χ3v) is 4.70. The van der Waals surface area contributed by atoms with Gasteiger partial charge in [-0.1, -0.05) is 12.1 Å². The van der Waals surface area contributed by atoms with Crippen molar-refractivity contribution in [1.82, 2.24) is 19.8 Å². The summed E-state index contributed by atoms with van der Waals surface area (Å²) in [7, 11) is 1.83. The zero-order valence-electron chi connectivity index (χ0n) is 15.1. The van der Waals surface area contributed by atoms with E-state index in [1.54, 1.807) is 17.0 Å². The molecule has 1 aliphatic rings. The van der Waals surface area contributed by atoms with Crippen molar-refractivity contribution in [2.45, 2.75) is 13.3 Å². The summed E-state index contributed by atoms with van der Waals surface area (Å²) < 4.78 is 1.74. The third kappa shape index (κ3) is 4.60. The molecule has 25 heavy (non-hydrogen) atoms. The molecule has 1 amide bonds. The van der Waals surface area contributed by atoms with Gasteiger partial charge < -0.3 is 14.8 Å². The van der Waals surface area contributed by atoms with Crippen LogP contribution in [0.15, 0.2) is 36.7 Å². The van der Waals surface area contributed by atoms with Gasteiger partial charge in [0.05, 0.1) is 0 Å². The highest BCUT2D eigenvalue weighted by atomic mass is 16.2. The third-order valence-electron chi connectivity index (χ3n) is 4.70. The molecule has 134 valence electrons. The van der Waals surface area contributed by atoms with Crippen LogP contribution in [0.5, 0.6) is 0 Å². The Labute approximate surface area is 149 Å². The molecule has 0 saturated carbocycles. The zero-order valence-corrected chi connectivity index (χ0v) is 15.1. The Morgan fingerprint density at radius 1 is 1.24 bits per heavy atom. The van der Waals surface area contributed by atoms with Crippen LogP contribution in [0.1, 0.15) is 22.6 Å². The summed E-state index contributed by atoms with van der Waals surface area (Å²) in [5.41, 5.74) is 2.63. The molecule has 3 rings (SSSR count). The van der Waals surface area contributed by atoms with Crippen LogP contribution in [0.3, 0.4) is 0 Å². The van der Waals surface area contributed by atoms with Crippen LogP contribution in [-0.2, 0) is 7.05 Å². The van der Waals surface area contributed by atoms with Gasteiger partial charge in [0.15, 0.2) is 5.82 Å². The van der Waals surface area contributed by atoms with E-state index < -0.39 is 0 Å². The number of carbonyl (C=O) groups excluding carboxylic acids is 1. The minimum atomic E-state index is -0.100. The van der Waals surface area contributed by atoms with Crippen LogP contribution in [0, 0.1) is 6.92 Å². The molecule has 0 aliphatic carbocycles. The number of hydrogen-bond acceptors (Lipinski definition) is 4. The van der Waals surface area contributed by atoms with Crippen LogP contribution in [0.25, 0.3) is 0 Å². The van der Waals surface area contributed by atoms with E-state index in [-0.39, 0.29) is 5.91 Å². The summed E-state index contributed by atoms with van der Waals surface area (Å²) in [6, 6.07) is 8.71. The smallest absolute Gasteiger partial charge is 0.287 e. The molecule has 1 aromatic carbocycles. The average molecular weight is 341 g/mol. The highest BCUT2D eigenvalue weighted by molar-refractivity contribution is 5.90. The molecule has 1 N–H and O–H groups in total. The van der Waals surface area contributed by atoms with Gasteiger partial charge in [0.1, 0.15) is 0 Å². The molecule has 1 saturated heterocycles. The topological polar surface area (TPSA) is 53.4 Å². The first-order valence-corrected chi connectivity index (χ1v) is 8.93. The molecule has 6 heteroatoms. The number of nitrogens with zero attached hydrogens (tertiary/aromatic N) is 4. The number of anilines is 1. The number of piperazine rings is 1. The minimum absolute atomic E-state index is 0.100. The second kappa shape index (κ2) is 8.16. The van der Waals surface area contributed by atoms with E-state index >= 15 is 0 Å². The Morgan fingerprint density at radius 3 is 2.72 bits per heavy atom. The molecule has 2 aromatic rings. The van der Waals surface area contributed by atoms with Gasteiger partial charge in [0.25, 0.3) is 5.91 Å². The van der Waals surface area contributed by atoms with Crippen LogP contribution in [0.4, 0.5) is 5.69 Å². The van der Waals surface area contributed by atoms with E-state index in [0.29, 0.717) is 12.4 Å². The lowest BCUT2D eigenvalue weighted by Gasteiger charge is -2.36. The Bertz CT molecular complexity index is 703. The zero-order chi connectivity index (χ0) is 17.6. The number of benzene rings is 1. The number of aromatic nitrogens is 2. The second-order valence-corrected chi connectivity index (χ2v) is 6.64. The largest absolute Gasteiger partial charge is 0.369 e. The van der Waals surface area contributed by atoms with Crippen molar-refractivity contribution in [1.29, 1.82) is 0 Å². The second-order valence-electron chi connectivity index (χ2n) is 6.64. The fourth-order valence-corrected chi connectivity index (χ4v) is 3.22. The predicted octanol–water partition coefficient (Wildman–Crippen LogP) is 1.67. The monoisotopic (exact) mass is 341 g/mol. The van der Waals surface area contributed by atoms with Crippen molar-refractivity contribution >= 4 is 11.6 Å². The maximum Gasteiger partial charge on any atom is 0.287 e. The van der Waals surface area contributed by atoms with E-state index in [1.807, 2.05) is 7.05 Å². The first kappa shape index (κ1) is 17.5. The summed E-state index contributed by atoms with van der Waals surface area (Å²) in [4.78, 5) is 21.0. The van der Waals surface area contributed by atoms with Gasteiger partial charge in [-0.05, 0) is 37.6 Å². The van der Waals surface area contributed by atoms with Gasteiger partial charge in [-0.15, -0.1) is 0 Å². The molecular formula is C19H27N5O. The molecule has 0 bridgehead atoms. The quantitative estimate of drug-likeness (QED) is 0.812. The lowest BCUT2D eigenvalue weighted by atomic mass is 10.2. The van der Waals surface area contributed by atoms with Crippen molar-refractivity contribution in [2.24, 2.45) is 7.05 Å². The summed E-state index contributed by atoms with van der Waals surface area (Å²) in [6.45, 7) is 8.10. The molecule has 6 nitrogen and oxygen atoms in total. The van der Waals surface area contributed by atoms with Crippen LogP contribution in [0.2, 0.25) is 0 Å². The Hall–Kier alpha value is -2.34. The fourth-order valence-electron chi connectivity index (χ4n) is 3.22. The first-order valence-electron chi connectivity index (χ1n) is 8.93. The van der Waals surface area contributed by atoms with Gasteiger partial charge in [0.2, 0.25) is 0 Å². The van der Waals surface area contributed by atoms with E-state index in [1.165, 1.54) is 11.3 Å². The Balaban J connectivity index is 1.36. The van der Waals surface area contributed by atoms with Crippen LogP contribution < -0.4 is 10.2 Å². The summed E-state index contributed by atoms with van der Waals surface area (Å²) in [6.07, 6.45) is 4.38. The first-order chi connectivity index (χ1) is 12.1. The highest BCUT2D eigenvalue weighted by Gasteiger charge is 2.17. The van der Waals surface area contributed by atoms with Gasteiger partial charge >= 0.3 is 0 Å². The van der Waals surface area contributed by atoms with Gasteiger partial charge in [-0.3, -0.25) is 9.69 Å². The van der Waals surface area contributed by atoms with E-state index in [0.717, 1.165) is 39.1 Å². The molecule has 1 aromatic heterocycles. The Kier molecular flexibility index (Phi) is 5.71. The van der Waals surface area contributed by atoms with Gasteiger partial charge in [-0.25, -0.2) is 4.98 Å². The standard InChI is InChI=1S/C19H27N5O/c1-16-5-3-6-17(15-16)24-13-11-23(12-14-24)9-4-7-21-19(25)18-20-8-10-22(18)2/h3,5-6,8,10,15H,4,7,9,11-14H2,1-2H3,(H,21,25). The van der Waals surface area contributed by atoms with Crippen molar-refractivity contribution in [3.8, 4) is 0 Å². The van der Waals surface area contributed by atoms with Crippen molar-refractivity contribution < 1.29 is 4.79 Å². The number of rotatable bonds is 6. The van der Waals surface area contributed by atoms with Crippen LogP contribution in [-0.4, -0.2) is 59.6 Å². The number of carbonyl (C=O) groups is 1. The van der Waals surface area contributed by atoms with Gasteiger partial charge in [-0.2, -0.15) is 0 Å². The molecular weight excluding hydrogens is 314 g/mol. The number of aryl methyl sites for hydroxylation is 2. The fraction of sp³-hybridized carbons (Fsp3) is 0.474. The number of nitrogens with one attached hydrogen (secondary N) is 1. The lowest BCUT2D eigenvalue weighted by molar-refractivity contribution is 0.0938. The Morgan fingerprint density at radius 2 is 2.04 bits per heavy atom. The van der Waals surface area contributed by atoms with Crippen molar-refractivity contribution in [2.75, 3.05) is 44.2 Å². The summed E-state index contributed by atoms with van der Waals surface area (Å²) in [5, 5.41) is 2.95. The summed E-state index contributed by atoms with van der Waals surface area (Å²) >= 11 is 0. The van der Waals surface area contributed by atoms with Crippen LogP contribution >= 0.6 is 0 Å². The highest BCUT2D eigenvalue weighted by Crippen LogP contribution is 2.17. The number of amides is 1. The maximum absolute atomic E-state index is 12.0. The lowest BCUT2D eigenvalue weighted by Crippen LogP contribution is -2.47. The summed E-state index contributed by atoms with van der Waals surface area (Å²) in [5.74, 6) is 0.364. The SMILES string of the molecule is Cc1cccc(N2CCN(CCCNC(=O)c3nccn3C)CC2)c1. The normalized spacial score (nSPS) is 15.4. The minimum Gasteiger partial charge on any atom is -0.369 e. The molecule has 0 atom stereocenters. The maximum atomic E-state index is 12.0. The molecule has 0 unspecified atom stereocenters. The molecule has 2 heterocycles. The van der Waals surface area contributed by atoms with Crippen molar-refractivity contribution in [3.05, 3.63) is 48.0 Å². The average Bonchev–Trinajstić information content (AvgIpc) is 3.05. The molecule has 1 aliphatic heterocycles. The van der Waals surface area contributed by atoms with E-state index in [9.17, 15) is 4.79 Å². The molecule has 0 radical (unpaired) electrons.